The summed E-state index contributed by atoms with van der Waals surface area (Å²) in [5.74, 6) is 1.22. The Labute approximate surface area is 125 Å². The van der Waals surface area contributed by atoms with Crippen molar-refractivity contribution in [2.24, 2.45) is 0 Å². The Morgan fingerprint density at radius 3 is 2.45 bits per heavy atom. The van der Waals surface area contributed by atoms with Gasteiger partial charge in [-0.3, -0.25) is 0 Å². The highest BCUT2D eigenvalue weighted by Crippen LogP contribution is 2.32. The van der Waals surface area contributed by atoms with Crippen LogP contribution in [0.3, 0.4) is 0 Å². The fraction of sp³-hybridized carbons (Fsp3) is 0.571. The van der Waals surface area contributed by atoms with Gasteiger partial charge in [-0.05, 0) is 43.5 Å². The van der Waals surface area contributed by atoms with Crippen LogP contribution in [0.25, 0.3) is 0 Å². The molecule has 0 N–H and O–H groups in total. The third-order valence-electron chi connectivity index (χ3n) is 3.24. The Morgan fingerprint density at radius 1 is 1.30 bits per heavy atom. The summed E-state index contributed by atoms with van der Waals surface area (Å²) in [6.45, 7) is 2.93. The average molecular weight is 318 g/mol. The lowest BCUT2D eigenvalue weighted by atomic mass is 10.3. The number of benzene rings is 1. The molecular formula is C14H20ClNO3S. The van der Waals surface area contributed by atoms with Crippen molar-refractivity contribution in [3.8, 4) is 5.75 Å². The molecule has 1 aromatic rings. The molecule has 4 nitrogen and oxygen atoms in total. The highest BCUT2D eigenvalue weighted by Gasteiger charge is 2.36. The van der Waals surface area contributed by atoms with Crippen molar-refractivity contribution < 1.29 is 13.2 Å². The molecule has 0 amide bonds. The quantitative estimate of drug-likeness (QED) is 0.547. The number of alkyl halides is 1. The summed E-state index contributed by atoms with van der Waals surface area (Å²) < 4.78 is 32.0. The van der Waals surface area contributed by atoms with E-state index >= 15 is 0 Å². The Hall–Kier alpha value is -0.780. The van der Waals surface area contributed by atoms with E-state index in [1.54, 1.807) is 28.6 Å². The van der Waals surface area contributed by atoms with E-state index in [1.807, 2.05) is 6.92 Å². The maximum Gasteiger partial charge on any atom is 0.243 e. The van der Waals surface area contributed by atoms with Gasteiger partial charge < -0.3 is 4.74 Å². The topological polar surface area (TPSA) is 46.6 Å². The zero-order valence-electron chi connectivity index (χ0n) is 11.6. The van der Waals surface area contributed by atoms with Crippen molar-refractivity contribution in [2.45, 2.75) is 37.1 Å². The van der Waals surface area contributed by atoms with Crippen molar-refractivity contribution in [3.63, 3.8) is 0 Å². The van der Waals surface area contributed by atoms with Crippen molar-refractivity contribution in [3.05, 3.63) is 24.3 Å². The molecule has 0 spiro atoms. The molecular weight excluding hydrogens is 298 g/mol. The lowest BCUT2D eigenvalue weighted by Gasteiger charge is -2.20. The summed E-state index contributed by atoms with van der Waals surface area (Å²) in [5, 5.41) is 0. The molecule has 0 saturated heterocycles. The Bertz CT molecular complexity index is 526. The second-order valence-electron chi connectivity index (χ2n) is 4.80. The minimum Gasteiger partial charge on any atom is -0.494 e. The maximum absolute atomic E-state index is 12.5. The molecule has 112 valence electrons. The molecule has 1 saturated carbocycles. The van der Waals surface area contributed by atoms with Crippen LogP contribution in [0.1, 0.15) is 26.2 Å². The molecule has 0 unspecified atom stereocenters. The second kappa shape index (κ2) is 6.78. The van der Waals surface area contributed by atoms with Gasteiger partial charge in [-0.15, -0.1) is 11.6 Å². The zero-order valence-corrected chi connectivity index (χ0v) is 13.2. The largest absolute Gasteiger partial charge is 0.494 e. The predicted molar refractivity (Wildman–Crippen MR) is 79.9 cm³/mol. The number of hydrogen-bond donors (Lipinski definition) is 0. The SMILES string of the molecule is CCN(C1CC1)S(=O)(=O)c1ccc(OCCCCl)cc1. The molecule has 0 bridgehead atoms. The van der Waals surface area contributed by atoms with Gasteiger partial charge in [0.15, 0.2) is 0 Å². The molecule has 1 fully saturated rings. The predicted octanol–water partition coefficient (Wildman–Crippen LogP) is 2.87. The Balaban J connectivity index is 2.08. The molecule has 1 aliphatic rings. The van der Waals surface area contributed by atoms with Gasteiger partial charge in [0.25, 0.3) is 0 Å². The van der Waals surface area contributed by atoms with Gasteiger partial charge in [-0.25, -0.2) is 8.42 Å². The van der Waals surface area contributed by atoms with Crippen LogP contribution in [0.2, 0.25) is 0 Å². The van der Waals surface area contributed by atoms with E-state index in [4.69, 9.17) is 16.3 Å². The standard InChI is InChI=1S/C14H20ClNO3S/c1-2-16(12-4-5-12)20(17,18)14-8-6-13(7-9-14)19-11-3-10-15/h6-9,12H,2-5,10-11H2,1H3. The molecule has 1 aromatic carbocycles. The van der Waals surface area contributed by atoms with Crippen LogP contribution in [0.5, 0.6) is 5.75 Å². The third kappa shape index (κ3) is 3.65. The minimum atomic E-state index is -3.37. The van der Waals surface area contributed by atoms with E-state index in [0.717, 1.165) is 19.3 Å². The van der Waals surface area contributed by atoms with Gasteiger partial charge in [0.05, 0.1) is 11.5 Å². The first kappa shape index (κ1) is 15.6. The van der Waals surface area contributed by atoms with E-state index in [9.17, 15) is 8.42 Å². The van der Waals surface area contributed by atoms with E-state index in [2.05, 4.69) is 0 Å². The monoisotopic (exact) mass is 317 g/mol. The lowest BCUT2D eigenvalue weighted by molar-refractivity contribution is 0.318. The number of halogens is 1. The summed E-state index contributed by atoms with van der Waals surface area (Å²) in [7, 11) is -3.37. The van der Waals surface area contributed by atoms with Gasteiger partial charge in [0.2, 0.25) is 10.0 Å². The van der Waals surface area contributed by atoms with Crippen LogP contribution >= 0.6 is 11.6 Å². The van der Waals surface area contributed by atoms with Gasteiger partial charge in [-0.1, -0.05) is 6.92 Å². The summed E-state index contributed by atoms with van der Waals surface area (Å²) >= 11 is 5.57. The summed E-state index contributed by atoms with van der Waals surface area (Å²) in [5.41, 5.74) is 0. The minimum absolute atomic E-state index is 0.185. The smallest absolute Gasteiger partial charge is 0.243 e. The highest BCUT2D eigenvalue weighted by molar-refractivity contribution is 7.89. The molecule has 6 heteroatoms. The maximum atomic E-state index is 12.5. The van der Waals surface area contributed by atoms with Crippen molar-refractivity contribution in [2.75, 3.05) is 19.0 Å². The fourth-order valence-corrected chi connectivity index (χ4v) is 3.88. The molecule has 1 aliphatic carbocycles. The fourth-order valence-electron chi connectivity index (χ4n) is 2.07. The van der Waals surface area contributed by atoms with Crippen LogP contribution in [0.4, 0.5) is 0 Å². The number of sulfonamides is 1. The van der Waals surface area contributed by atoms with Gasteiger partial charge in [0.1, 0.15) is 5.75 Å². The Morgan fingerprint density at radius 2 is 1.95 bits per heavy atom. The zero-order chi connectivity index (χ0) is 14.6. The van der Waals surface area contributed by atoms with Gasteiger partial charge >= 0.3 is 0 Å². The normalized spacial score (nSPS) is 15.6. The summed E-state index contributed by atoms with van der Waals surface area (Å²) in [6.07, 6.45) is 2.70. The van der Waals surface area contributed by atoms with Gasteiger partial charge in [0, 0.05) is 18.5 Å². The van der Waals surface area contributed by atoms with Crippen LogP contribution in [0, 0.1) is 0 Å². The molecule has 2 rings (SSSR count). The molecule has 0 atom stereocenters. The lowest BCUT2D eigenvalue weighted by Crippen LogP contribution is -2.32. The second-order valence-corrected chi connectivity index (χ2v) is 7.07. The van der Waals surface area contributed by atoms with E-state index in [0.29, 0.717) is 29.7 Å². The number of rotatable bonds is 8. The van der Waals surface area contributed by atoms with Crippen molar-refractivity contribution in [1.29, 1.82) is 0 Å². The van der Waals surface area contributed by atoms with Crippen LogP contribution in [-0.4, -0.2) is 37.8 Å². The molecule has 20 heavy (non-hydrogen) atoms. The van der Waals surface area contributed by atoms with Crippen molar-refractivity contribution in [1.82, 2.24) is 4.31 Å². The highest BCUT2D eigenvalue weighted by atomic mass is 35.5. The first-order chi connectivity index (χ1) is 9.59. The van der Waals surface area contributed by atoms with Crippen LogP contribution in [-0.2, 0) is 10.0 Å². The number of hydrogen-bond acceptors (Lipinski definition) is 3. The van der Waals surface area contributed by atoms with Crippen LogP contribution in [0.15, 0.2) is 29.2 Å². The first-order valence-electron chi connectivity index (χ1n) is 6.90. The van der Waals surface area contributed by atoms with E-state index < -0.39 is 10.0 Å². The van der Waals surface area contributed by atoms with E-state index in [-0.39, 0.29) is 6.04 Å². The molecule has 0 aliphatic heterocycles. The number of nitrogens with zero attached hydrogens (tertiary/aromatic N) is 1. The Kier molecular flexibility index (Phi) is 5.29. The van der Waals surface area contributed by atoms with Crippen LogP contribution < -0.4 is 4.74 Å². The molecule has 0 radical (unpaired) electrons. The molecule has 0 heterocycles. The average Bonchev–Trinajstić information content (AvgIpc) is 3.25. The third-order valence-corrected chi connectivity index (χ3v) is 5.55. The first-order valence-corrected chi connectivity index (χ1v) is 8.87. The summed E-state index contributed by atoms with van der Waals surface area (Å²) in [6, 6.07) is 6.79. The molecule has 0 aromatic heterocycles. The summed E-state index contributed by atoms with van der Waals surface area (Å²) in [4.78, 5) is 0.330. The van der Waals surface area contributed by atoms with Gasteiger partial charge in [-0.2, -0.15) is 4.31 Å². The van der Waals surface area contributed by atoms with E-state index in [1.165, 1.54) is 0 Å². The van der Waals surface area contributed by atoms with Crippen molar-refractivity contribution >= 4 is 21.6 Å². The number of ether oxygens (including phenoxy) is 1.